The van der Waals surface area contributed by atoms with Crippen molar-refractivity contribution in [3.8, 4) is 0 Å². The summed E-state index contributed by atoms with van der Waals surface area (Å²) in [5.41, 5.74) is 2.74. The van der Waals surface area contributed by atoms with Crippen LogP contribution in [0.15, 0.2) is 21.9 Å². The van der Waals surface area contributed by atoms with Crippen LogP contribution < -0.4 is 5.56 Å². The van der Waals surface area contributed by atoms with E-state index in [-0.39, 0.29) is 5.69 Å². The van der Waals surface area contributed by atoms with Gasteiger partial charge in [-0.1, -0.05) is 0 Å². The molecule has 6 heteroatoms. The van der Waals surface area contributed by atoms with Crippen molar-refractivity contribution < 1.29 is 5.21 Å². The minimum atomic E-state index is -0.534. The summed E-state index contributed by atoms with van der Waals surface area (Å²) >= 11 is 0. The Balaban J connectivity index is 2.33. The van der Waals surface area contributed by atoms with E-state index in [1.54, 1.807) is 6.07 Å². The number of aromatic nitrogens is 2. The maximum atomic E-state index is 12.3. The van der Waals surface area contributed by atoms with Crippen LogP contribution in [-0.2, 0) is 0 Å². The molecule has 3 rings (SSSR count). The molecule has 6 nitrogen and oxygen atoms in total. The van der Waals surface area contributed by atoms with E-state index < -0.39 is 5.56 Å². The molecule has 0 unspecified atom stereocenters. The molecule has 1 N–H and O–H groups in total. The van der Waals surface area contributed by atoms with Gasteiger partial charge in [0, 0.05) is 13.6 Å². The van der Waals surface area contributed by atoms with Gasteiger partial charge in [0.2, 0.25) is 0 Å². The quantitative estimate of drug-likeness (QED) is 0.784. The summed E-state index contributed by atoms with van der Waals surface area (Å²) in [5.74, 6) is 0.540. The third-order valence-electron chi connectivity index (χ3n) is 3.72. The molecule has 0 radical (unpaired) electrons. The highest BCUT2D eigenvalue weighted by molar-refractivity contribution is 5.99. The lowest BCUT2D eigenvalue weighted by atomic mass is 10.1. The number of nitrogens with zero attached hydrogens (tertiary/aromatic N) is 4. The van der Waals surface area contributed by atoms with E-state index in [1.165, 1.54) is 0 Å². The molecular formula is C14H16N4O2. The van der Waals surface area contributed by atoms with Gasteiger partial charge in [-0.25, -0.2) is 4.98 Å². The largest absolute Gasteiger partial charge is 0.425 e. The van der Waals surface area contributed by atoms with Gasteiger partial charge in [-0.2, -0.15) is 0 Å². The monoisotopic (exact) mass is 272 g/mol. The van der Waals surface area contributed by atoms with E-state index >= 15 is 0 Å². The van der Waals surface area contributed by atoms with Gasteiger partial charge in [-0.3, -0.25) is 9.79 Å². The summed E-state index contributed by atoms with van der Waals surface area (Å²) in [6, 6.07) is 3.64. The fourth-order valence-electron chi connectivity index (χ4n) is 2.36. The first kappa shape index (κ1) is 12.7. The summed E-state index contributed by atoms with van der Waals surface area (Å²) in [4.78, 5) is 22.8. The molecule has 1 aromatic carbocycles. The minimum Gasteiger partial charge on any atom is -0.425 e. The van der Waals surface area contributed by atoms with Crippen molar-refractivity contribution in [3.63, 3.8) is 0 Å². The Morgan fingerprint density at radius 3 is 2.60 bits per heavy atom. The minimum absolute atomic E-state index is 0.197. The summed E-state index contributed by atoms with van der Waals surface area (Å²) in [7, 11) is 1.86. The first-order chi connectivity index (χ1) is 9.49. The molecule has 0 aliphatic carbocycles. The van der Waals surface area contributed by atoms with Crippen LogP contribution in [-0.4, -0.2) is 45.8 Å². The topological polar surface area (TPSA) is 70.7 Å². The molecule has 0 amide bonds. The van der Waals surface area contributed by atoms with Gasteiger partial charge in [0.1, 0.15) is 5.52 Å². The lowest BCUT2D eigenvalue weighted by Crippen LogP contribution is -2.33. The Bertz CT molecular complexity index is 792. The maximum absolute atomic E-state index is 12.3. The SMILES string of the molecule is Cc1cc2nc(C3=NCCN3C)c(=O)n(O)c2cc1C. The number of hydrogen-bond acceptors (Lipinski definition) is 5. The second-order valence-corrected chi connectivity index (χ2v) is 5.13. The number of fused-ring (bicyclic) bond motifs is 1. The highest BCUT2D eigenvalue weighted by atomic mass is 16.5. The Labute approximate surface area is 116 Å². The first-order valence-electron chi connectivity index (χ1n) is 6.48. The highest BCUT2D eigenvalue weighted by Crippen LogP contribution is 2.17. The van der Waals surface area contributed by atoms with Gasteiger partial charge in [0.05, 0.1) is 12.1 Å². The van der Waals surface area contributed by atoms with Crippen LogP contribution in [0.4, 0.5) is 0 Å². The van der Waals surface area contributed by atoms with E-state index in [1.807, 2.05) is 31.9 Å². The Morgan fingerprint density at radius 1 is 1.25 bits per heavy atom. The van der Waals surface area contributed by atoms with Crippen LogP contribution >= 0.6 is 0 Å². The van der Waals surface area contributed by atoms with Gasteiger partial charge in [-0.05, 0) is 37.1 Å². The molecular weight excluding hydrogens is 256 g/mol. The summed E-state index contributed by atoms with van der Waals surface area (Å²) in [6.45, 7) is 5.31. The van der Waals surface area contributed by atoms with Crippen molar-refractivity contribution in [1.29, 1.82) is 0 Å². The molecule has 0 spiro atoms. The zero-order chi connectivity index (χ0) is 14.4. The molecule has 20 heavy (non-hydrogen) atoms. The van der Waals surface area contributed by atoms with Crippen molar-refractivity contribution >= 4 is 16.9 Å². The van der Waals surface area contributed by atoms with Gasteiger partial charge < -0.3 is 10.1 Å². The second-order valence-electron chi connectivity index (χ2n) is 5.13. The van der Waals surface area contributed by atoms with Gasteiger partial charge >= 0.3 is 5.56 Å². The van der Waals surface area contributed by atoms with Crippen LogP contribution in [0.3, 0.4) is 0 Å². The number of rotatable bonds is 1. The molecule has 0 atom stereocenters. The predicted molar refractivity (Wildman–Crippen MR) is 76.7 cm³/mol. The van der Waals surface area contributed by atoms with Crippen LogP contribution in [0.2, 0.25) is 0 Å². The number of benzene rings is 1. The molecule has 2 heterocycles. The number of hydrogen-bond donors (Lipinski definition) is 1. The van der Waals surface area contributed by atoms with Gasteiger partial charge in [0.25, 0.3) is 0 Å². The number of aryl methyl sites for hydroxylation is 2. The average molecular weight is 272 g/mol. The zero-order valence-corrected chi connectivity index (χ0v) is 11.7. The third-order valence-corrected chi connectivity index (χ3v) is 3.72. The molecule has 2 aromatic rings. The van der Waals surface area contributed by atoms with E-state index in [0.717, 1.165) is 17.7 Å². The lowest BCUT2D eigenvalue weighted by Gasteiger charge is -2.14. The summed E-state index contributed by atoms with van der Waals surface area (Å²) < 4.78 is 0.665. The Hall–Kier alpha value is -2.37. The van der Waals surface area contributed by atoms with E-state index in [4.69, 9.17) is 0 Å². The molecule has 1 aliphatic rings. The number of likely N-dealkylation sites (N-methyl/N-ethyl adjacent to an activating group) is 1. The molecule has 1 aliphatic heterocycles. The van der Waals surface area contributed by atoms with Crippen LogP contribution in [0, 0.1) is 13.8 Å². The van der Waals surface area contributed by atoms with Crippen molar-refractivity contribution in [2.45, 2.75) is 13.8 Å². The predicted octanol–water partition coefficient (Wildman–Crippen LogP) is 0.943. The van der Waals surface area contributed by atoms with Crippen LogP contribution in [0.5, 0.6) is 0 Å². The Morgan fingerprint density at radius 2 is 1.95 bits per heavy atom. The third kappa shape index (κ3) is 1.76. The average Bonchev–Trinajstić information content (AvgIpc) is 2.83. The fourth-order valence-corrected chi connectivity index (χ4v) is 2.36. The van der Waals surface area contributed by atoms with Crippen molar-refractivity contribution in [1.82, 2.24) is 14.6 Å². The standard InChI is InChI=1S/C14H16N4O2/c1-8-6-10-11(7-9(8)2)18(20)14(19)12(16-10)13-15-4-5-17(13)3/h6-7,20H,4-5H2,1-3H3. The van der Waals surface area contributed by atoms with Crippen molar-refractivity contribution in [2.24, 2.45) is 4.99 Å². The fraction of sp³-hybridized carbons (Fsp3) is 0.357. The number of aliphatic imine (C=N–C) groups is 1. The lowest BCUT2D eigenvalue weighted by molar-refractivity contribution is 0.187. The van der Waals surface area contributed by atoms with Crippen LogP contribution in [0.25, 0.3) is 11.0 Å². The van der Waals surface area contributed by atoms with E-state index in [2.05, 4.69) is 9.98 Å². The van der Waals surface area contributed by atoms with Gasteiger partial charge in [0.15, 0.2) is 11.5 Å². The zero-order valence-electron chi connectivity index (χ0n) is 11.7. The second kappa shape index (κ2) is 4.33. The van der Waals surface area contributed by atoms with Crippen molar-refractivity contribution in [3.05, 3.63) is 39.3 Å². The van der Waals surface area contributed by atoms with Gasteiger partial charge in [-0.15, -0.1) is 4.73 Å². The summed E-state index contributed by atoms with van der Waals surface area (Å²) in [6.07, 6.45) is 0. The Kier molecular flexibility index (Phi) is 2.74. The maximum Gasteiger partial charge on any atom is 0.313 e. The molecule has 104 valence electrons. The first-order valence-corrected chi connectivity index (χ1v) is 6.48. The van der Waals surface area contributed by atoms with Crippen LogP contribution in [0.1, 0.15) is 16.8 Å². The number of amidine groups is 1. The molecule has 0 saturated carbocycles. The van der Waals surface area contributed by atoms with Crippen molar-refractivity contribution in [2.75, 3.05) is 20.1 Å². The van der Waals surface area contributed by atoms with E-state index in [0.29, 0.717) is 28.1 Å². The molecule has 0 bridgehead atoms. The van der Waals surface area contributed by atoms with E-state index in [9.17, 15) is 10.0 Å². The highest BCUT2D eigenvalue weighted by Gasteiger charge is 2.22. The molecule has 0 saturated heterocycles. The molecule has 0 fully saturated rings. The summed E-state index contributed by atoms with van der Waals surface area (Å²) in [5, 5.41) is 10.1. The molecule has 1 aromatic heterocycles. The smallest absolute Gasteiger partial charge is 0.313 e. The normalized spacial score (nSPS) is 14.9.